The van der Waals surface area contributed by atoms with Gasteiger partial charge in [0.15, 0.2) is 6.10 Å². The van der Waals surface area contributed by atoms with E-state index in [0.29, 0.717) is 19.3 Å². The molecule has 0 aromatic heterocycles. The number of allylic oxidation sites excluding steroid dienone is 12. The molecule has 0 heterocycles. The van der Waals surface area contributed by atoms with E-state index in [1.165, 1.54) is 186 Å². The third-order valence-corrected chi connectivity index (χ3v) is 14.0. The predicted octanol–water partition coefficient (Wildman–Crippen LogP) is 21.7. The van der Waals surface area contributed by atoms with E-state index in [1.54, 1.807) is 0 Å². The number of ether oxygens (including phenoxy) is 3. The molecule has 1 atom stereocenters. The number of carbonyl (C=O) groups excluding carboxylic acids is 3. The van der Waals surface area contributed by atoms with Crippen LogP contribution in [0, 0.1) is 0 Å². The smallest absolute Gasteiger partial charge is 0.306 e. The Hall–Kier alpha value is -3.15. The summed E-state index contributed by atoms with van der Waals surface area (Å²) in [6.45, 7) is 6.53. The van der Waals surface area contributed by atoms with Crippen molar-refractivity contribution < 1.29 is 28.6 Å². The third-order valence-electron chi connectivity index (χ3n) is 14.0. The lowest BCUT2D eigenvalue weighted by molar-refractivity contribution is -0.167. The molecular weight excluding hydrogens is 913 g/mol. The van der Waals surface area contributed by atoms with E-state index < -0.39 is 6.10 Å². The van der Waals surface area contributed by atoms with Crippen LogP contribution >= 0.6 is 0 Å². The van der Waals surface area contributed by atoms with E-state index in [0.717, 1.165) is 96.3 Å². The van der Waals surface area contributed by atoms with Crippen LogP contribution in [0.1, 0.15) is 323 Å². The second-order valence-electron chi connectivity index (χ2n) is 21.3. The van der Waals surface area contributed by atoms with Gasteiger partial charge in [-0.15, -0.1) is 0 Å². The maximum atomic E-state index is 12.8. The van der Waals surface area contributed by atoms with Crippen molar-refractivity contribution in [1.29, 1.82) is 0 Å². The zero-order valence-corrected chi connectivity index (χ0v) is 49.1. The number of unbranched alkanes of at least 4 members (excludes halogenated alkanes) is 35. The van der Waals surface area contributed by atoms with Crippen LogP contribution in [0.2, 0.25) is 0 Å². The van der Waals surface area contributed by atoms with Crippen LogP contribution in [0.4, 0.5) is 0 Å². The highest BCUT2D eigenvalue weighted by Crippen LogP contribution is 2.17. The molecule has 428 valence electrons. The first-order chi connectivity index (χ1) is 36.5. The van der Waals surface area contributed by atoms with Gasteiger partial charge in [0.1, 0.15) is 13.2 Å². The predicted molar refractivity (Wildman–Crippen MR) is 321 cm³/mol. The van der Waals surface area contributed by atoms with Gasteiger partial charge in [-0.25, -0.2) is 0 Å². The van der Waals surface area contributed by atoms with E-state index in [2.05, 4.69) is 93.7 Å². The molecule has 1 unspecified atom stereocenters. The molecule has 6 nitrogen and oxygen atoms in total. The summed E-state index contributed by atoms with van der Waals surface area (Å²) in [6, 6.07) is 0. The fourth-order valence-corrected chi connectivity index (χ4v) is 9.21. The Balaban J connectivity index is 4.00. The van der Waals surface area contributed by atoms with Gasteiger partial charge in [-0.05, 0) is 70.6 Å². The molecule has 0 aromatic rings. The quantitative estimate of drug-likeness (QED) is 0.0261. The van der Waals surface area contributed by atoms with Crippen LogP contribution in [0.15, 0.2) is 72.9 Å². The Morgan fingerprint density at radius 1 is 0.284 bits per heavy atom. The molecule has 0 N–H and O–H groups in total. The first-order valence-corrected chi connectivity index (χ1v) is 31.9. The third kappa shape index (κ3) is 59.7. The SMILES string of the molecule is CC/C=C\C/C=C\C/C=C\C/C=C\C/C=C\C/C=C\CCCCCCCCCCCCCCCCCCC(=O)OCC(COC(=O)CCCCCCCCCCCC)OC(=O)CCCCCCCCCCCCC. The van der Waals surface area contributed by atoms with E-state index in [1.807, 2.05) is 0 Å². The first kappa shape index (κ1) is 70.8. The van der Waals surface area contributed by atoms with E-state index in [9.17, 15) is 14.4 Å². The lowest BCUT2D eigenvalue weighted by Crippen LogP contribution is -2.30. The Morgan fingerprint density at radius 3 is 0.824 bits per heavy atom. The van der Waals surface area contributed by atoms with Crippen molar-refractivity contribution in [2.45, 2.75) is 329 Å². The van der Waals surface area contributed by atoms with Crippen molar-refractivity contribution in [2.24, 2.45) is 0 Å². The summed E-state index contributed by atoms with van der Waals surface area (Å²) in [5.74, 6) is -0.856. The normalized spacial score (nSPS) is 12.5. The standard InChI is InChI=1S/C68H120O6/c1-4-7-10-13-16-19-22-23-24-25-26-27-28-29-30-31-32-33-34-35-36-37-38-39-40-41-42-43-44-45-47-49-52-55-58-61-67(70)73-64-65(63-72-66(69)60-57-54-51-48-21-18-15-12-9-6-3)74-68(71)62-59-56-53-50-46-20-17-14-11-8-5-2/h7,10,16,19,23-24,26-27,29-30,32-33,65H,4-6,8-9,11-15,17-18,20-22,25,28,31,34-64H2,1-3H3/b10-7-,19-16-,24-23-,27-26-,30-29-,33-32-. The van der Waals surface area contributed by atoms with Gasteiger partial charge in [-0.2, -0.15) is 0 Å². The molecule has 0 aliphatic rings. The van der Waals surface area contributed by atoms with E-state index >= 15 is 0 Å². The molecular formula is C68H120O6. The van der Waals surface area contributed by atoms with Gasteiger partial charge in [0.25, 0.3) is 0 Å². The monoisotopic (exact) mass is 1030 g/mol. The Morgan fingerprint density at radius 2 is 0.527 bits per heavy atom. The summed E-state index contributed by atoms with van der Waals surface area (Å²) < 4.78 is 16.8. The molecule has 0 aliphatic heterocycles. The molecule has 0 amide bonds. The van der Waals surface area contributed by atoms with Crippen molar-refractivity contribution in [3.05, 3.63) is 72.9 Å². The number of rotatable bonds is 58. The lowest BCUT2D eigenvalue weighted by Gasteiger charge is -2.18. The molecule has 0 bridgehead atoms. The first-order valence-electron chi connectivity index (χ1n) is 31.9. The molecule has 0 spiro atoms. The second-order valence-corrected chi connectivity index (χ2v) is 21.3. The van der Waals surface area contributed by atoms with Gasteiger partial charge in [-0.3, -0.25) is 14.4 Å². The minimum absolute atomic E-state index is 0.0683. The molecule has 0 rings (SSSR count). The van der Waals surface area contributed by atoms with Crippen LogP contribution in [0.5, 0.6) is 0 Å². The summed E-state index contributed by atoms with van der Waals surface area (Å²) in [4.78, 5) is 38.0. The molecule has 6 heteroatoms. The molecule has 0 aliphatic carbocycles. The highest BCUT2D eigenvalue weighted by molar-refractivity contribution is 5.71. The largest absolute Gasteiger partial charge is 0.462 e. The van der Waals surface area contributed by atoms with Crippen LogP contribution < -0.4 is 0 Å². The van der Waals surface area contributed by atoms with Crippen molar-refractivity contribution in [3.63, 3.8) is 0 Å². The summed E-state index contributed by atoms with van der Waals surface area (Å²) in [7, 11) is 0. The minimum Gasteiger partial charge on any atom is -0.462 e. The van der Waals surface area contributed by atoms with Crippen LogP contribution in [-0.4, -0.2) is 37.2 Å². The number of hydrogen-bond acceptors (Lipinski definition) is 6. The van der Waals surface area contributed by atoms with Crippen molar-refractivity contribution in [3.8, 4) is 0 Å². The van der Waals surface area contributed by atoms with Gasteiger partial charge in [-0.1, -0.05) is 306 Å². The van der Waals surface area contributed by atoms with Crippen molar-refractivity contribution >= 4 is 17.9 Å². The Labute approximate surface area is 459 Å². The second kappa shape index (κ2) is 62.4. The van der Waals surface area contributed by atoms with Gasteiger partial charge < -0.3 is 14.2 Å². The van der Waals surface area contributed by atoms with Crippen molar-refractivity contribution in [2.75, 3.05) is 13.2 Å². The highest BCUT2D eigenvalue weighted by atomic mass is 16.6. The zero-order chi connectivity index (χ0) is 53.6. The van der Waals surface area contributed by atoms with Crippen LogP contribution in [0.25, 0.3) is 0 Å². The molecule has 74 heavy (non-hydrogen) atoms. The summed E-state index contributed by atoms with van der Waals surface area (Å²) >= 11 is 0. The number of carbonyl (C=O) groups is 3. The van der Waals surface area contributed by atoms with Crippen molar-refractivity contribution in [1.82, 2.24) is 0 Å². The Kier molecular flexibility index (Phi) is 59.7. The number of hydrogen-bond donors (Lipinski definition) is 0. The molecule has 0 aromatic carbocycles. The molecule has 0 fully saturated rings. The fraction of sp³-hybridized carbons (Fsp3) is 0.779. The zero-order valence-electron chi connectivity index (χ0n) is 49.1. The van der Waals surface area contributed by atoms with Gasteiger partial charge >= 0.3 is 17.9 Å². The highest BCUT2D eigenvalue weighted by Gasteiger charge is 2.19. The van der Waals surface area contributed by atoms with E-state index in [-0.39, 0.29) is 31.1 Å². The Bertz CT molecular complexity index is 1370. The fourth-order valence-electron chi connectivity index (χ4n) is 9.21. The van der Waals surface area contributed by atoms with Gasteiger partial charge in [0.05, 0.1) is 0 Å². The lowest BCUT2D eigenvalue weighted by atomic mass is 10.0. The van der Waals surface area contributed by atoms with Gasteiger partial charge in [0.2, 0.25) is 0 Å². The molecule has 0 saturated heterocycles. The maximum Gasteiger partial charge on any atom is 0.306 e. The summed E-state index contributed by atoms with van der Waals surface area (Å²) in [5, 5.41) is 0. The molecule has 0 saturated carbocycles. The summed E-state index contributed by atoms with van der Waals surface area (Å²) in [5.41, 5.74) is 0. The average molecular weight is 1030 g/mol. The van der Waals surface area contributed by atoms with Gasteiger partial charge in [0, 0.05) is 19.3 Å². The van der Waals surface area contributed by atoms with E-state index in [4.69, 9.17) is 14.2 Å². The van der Waals surface area contributed by atoms with Crippen LogP contribution in [-0.2, 0) is 28.6 Å². The maximum absolute atomic E-state index is 12.8. The minimum atomic E-state index is -0.767. The average Bonchev–Trinajstić information content (AvgIpc) is 3.40. The molecule has 0 radical (unpaired) electrons. The summed E-state index contributed by atoms with van der Waals surface area (Å²) in [6.07, 6.45) is 80.8. The number of esters is 3. The topological polar surface area (TPSA) is 78.9 Å². The van der Waals surface area contributed by atoms with Crippen LogP contribution in [0.3, 0.4) is 0 Å².